The van der Waals surface area contributed by atoms with Crippen molar-refractivity contribution >= 4 is 23.5 Å². The second kappa shape index (κ2) is 8.97. The minimum Gasteiger partial charge on any atom is -0.394 e. The van der Waals surface area contributed by atoms with Crippen molar-refractivity contribution in [2.45, 2.75) is 24.5 Å². The van der Waals surface area contributed by atoms with E-state index in [9.17, 15) is 15.0 Å². The number of ether oxygens (including phenoxy) is 2. The molecule has 12 nitrogen and oxygen atoms in total. The maximum Gasteiger partial charge on any atom is 0.280 e. The summed E-state index contributed by atoms with van der Waals surface area (Å²) in [6, 6.07) is 0. The maximum absolute atomic E-state index is 12.4. The molecule has 1 saturated heterocycles. The predicted molar refractivity (Wildman–Crippen MR) is 105 cm³/mol. The SMILES string of the molecule is CN(C)C=Nc1nc2c(ncn2[C@@H]2O[C@H](CO)[C@@H](O)[C@H]2OCCN(C)C)c(=O)[nH]1. The summed E-state index contributed by atoms with van der Waals surface area (Å²) in [7, 11) is 7.41. The molecule has 3 N–H and O–H groups in total. The fourth-order valence-electron chi connectivity index (χ4n) is 2.98. The lowest BCUT2D eigenvalue weighted by Gasteiger charge is -2.23. The first kappa shape index (κ1) is 21.3. The van der Waals surface area contributed by atoms with Crippen LogP contribution in [-0.2, 0) is 9.47 Å². The standard InChI is InChI=1S/C17H27N7O5/c1-22(2)5-6-28-13-12(26)10(7-25)29-16(13)24-9-18-11-14(24)20-17(21-15(11)27)19-8-23(3)4/h8-10,12-13,16,25-26H,5-7H2,1-4H3,(H,20,21,27)/t10-,12-,13-,16-/m1/s1. The maximum atomic E-state index is 12.4. The van der Waals surface area contributed by atoms with Crippen LogP contribution in [0.5, 0.6) is 0 Å². The van der Waals surface area contributed by atoms with E-state index in [2.05, 4.69) is 19.9 Å². The molecule has 0 spiro atoms. The summed E-state index contributed by atoms with van der Waals surface area (Å²) in [5, 5.41) is 20.1. The van der Waals surface area contributed by atoms with Crippen LogP contribution < -0.4 is 5.56 Å². The first-order valence-electron chi connectivity index (χ1n) is 9.20. The van der Waals surface area contributed by atoms with E-state index in [4.69, 9.17) is 9.47 Å². The van der Waals surface area contributed by atoms with Gasteiger partial charge in [0.15, 0.2) is 17.4 Å². The molecule has 1 fully saturated rings. The van der Waals surface area contributed by atoms with Crippen molar-refractivity contribution in [1.82, 2.24) is 29.3 Å². The predicted octanol–water partition coefficient (Wildman–Crippen LogP) is -1.46. The minimum absolute atomic E-state index is 0.111. The van der Waals surface area contributed by atoms with Gasteiger partial charge in [0, 0.05) is 20.6 Å². The van der Waals surface area contributed by atoms with Crippen LogP contribution in [0.2, 0.25) is 0 Å². The highest BCUT2D eigenvalue weighted by molar-refractivity contribution is 5.71. The van der Waals surface area contributed by atoms with Gasteiger partial charge in [0.25, 0.3) is 5.56 Å². The molecule has 1 aliphatic heterocycles. The summed E-state index contributed by atoms with van der Waals surface area (Å²) < 4.78 is 13.2. The van der Waals surface area contributed by atoms with Crippen LogP contribution in [-0.4, -0.2) is 112 Å². The van der Waals surface area contributed by atoms with Gasteiger partial charge in [0.2, 0.25) is 5.95 Å². The zero-order valence-corrected chi connectivity index (χ0v) is 16.9. The van der Waals surface area contributed by atoms with Gasteiger partial charge in [0.1, 0.15) is 18.3 Å². The van der Waals surface area contributed by atoms with E-state index in [1.165, 1.54) is 17.2 Å². The fourth-order valence-corrected chi connectivity index (χ4v) is 2.98. The second-order valence-electron chi connectivity index (χ2n) is 7.30. The number of imidazole rings is 1. The molecule has 12 heteroatoms. The van der Waals surface area contributed by atoms with Crippen molar-refractivity contribution < 1.29 is 19.7 Å². The van der Waals surface area contributed by atoms with Crippen LogP contribution in [0.4, 0.5) is 5.95 Å². The summed E-state index contributed by atoms with van der Waals surface area (Å²) in [5.74, 6) is 0.111. The Morgan fingerprint density at radius 3 is 2.83 bits per heavy atom. The van der Waals surface area contributed by atoms with Crippen molar-refractivity contribution in [2.24, 2.45) is 4.99 Å². The highest BCUT2D eigenvalue weighted by Gasteiger charge is 2.45. The first-order valence-corrected chi connectivity index (χ1v) is 9.20. The quantitative estimate of drug-likeness (QED) is 0.352. The number of hydrogen-bond acceptors (Lipinski definition) is 9. The van der Waals surface area contributed by atoms with Crippen molar-refractivity contribution in [3.8, 4) is 0 Å². The fraction of sp³-hybridized carbons (Fsp3) is 0.647. The van der Waals surface area contributed by atoms with E-state index in [0.29, 0.717) is 13.2 Å². The summed E-state index contributed by atoms with van der Waals surface area (Å²) in [5.41, 5.74) is -0.0787. The molecule has 3 rings (SSSR count). The van der Waals surface area contributed by atoms with Gasteiger partial charge in [-0.05, 0) is 14.1 Å². The average Bonchev–Trinajstić information content (AvgIpc) is 3.21. The Hall–Kier alpha value is -2.38. The number of likely N-dealkylation sites (N-methyl/N-ethyl adjacent to an activating group) is 1. The second-order valence-corrected chi connectivity index (χ2v) is 7.30. The van der Waals surface area contributed by atoms with Crippen molar-refractivity contribution in [3.63, 3.8) is 0 Å². The molecular weight excluding hydrogens is 382 g/mol. The molecule has 29 heavy (non-hydrogen) atoms. The molecular formula is C17H27N7O5. The van der Waals surface area contributed by atoms with Crippen molar-refractivity contribution in [1.29, 1.82) is 0 Å². The van der Waals surface area contributed by atoms with Gasteiger partial charge in [-0.1, -0.05) is 0 Å². The zero-order valence-electron chi connectivity index (χ0n) is 16.9. The van der Waals surface area contributed by atoms with E-state index in [0.717, 1.165) is 0 Å². The largest absolute Gasteiger partial charge is 0.394 e. The van der Waals surface area contributed by atoms with Crippen LogP contribution in [0, 0.1) is 0 Å². The molecule has 0 saturated carbocycles. The van der Waals surface area contributed by atoms with E-state index in [1.807, 2.05) is 19.0 Å². The third kappa shape index (κ3) is 4.62. The van der Waals surface area contributed by atoms with E-state index >= 15 is 0 Å². The molecule has 2 aromatic heterocycles. The Kier molecular flexibility index (Phi) is 6.59. The Bertz CT molecular complexity index is 909. The van der Waals surface area contributed by atoms with Crippen LogP contribution in [0.1, 0.15) is 6.23 Å². The molecule has 0 bridgehead atoms. The number of nitrogens with zero attached hydrogens (tertiary/aromatic N) is 6. The Labute approximate surface area is 167 Å². The number of rotatable bonds is 8. The van der Waals surface area contributed by atoms with Crippen LogP contribution in [0.3, 0.4) is 0 Å². The number of aliphatic imine (C=N–C) groups is 1. The van der Waals surface area contributed by atoms with E-state index in [1.54, 1.807) is 19.0 Å². The van der Waals surface area contributed by atoms with Gasteiger partial charge in [-0.3, -0.25) is 14.3 Å². The number of aliphatic hydroxyl groups is 2. The third-order valence-electron chi connectivity index (χ3n) is 4.45. The normalized spacial score (nSPS) is 24.9. The monoisotopic (exact) mass is 409 g/mol. The number of H-pyrrole nitrogens is 1. The summed E-state index contributed by atoms with van der Waals surface area (Å²) in [4.78, 5) is 31.2. The first-order chi connectivity index (χ1) is 13.8. The summed E-state index contributed by atoms with van der Waals surface area (Å²) >= 11 is 0. The van der Waals surface area contributed by atoms with E-state index < -0.39 is 30.1 Å². The molecule has 0 radical (unpaired) electrons. The molecule has 2 aromatic rings. The Balaban J connectivity index is 1.96. The van der Waals surface area contributed by atoms with Gasteiger partial charge >= 0.3 is 0 Å². The zero-order chi connectivity index (χ0) is 21.1. The van der Waals surface area contributed by atoms with Gasteiger partial charge in [-0.2, -0.15) is 4.98 Å². The number of hydrogen-bond donors (Lipinski definition) is 3. The lowest BCUT2D eigenvalue weighted by atomic mass is 10.1. The Morgan fingerprint density at radius 1 is 1.41 bits per heavy atom. The topological polar surface area (TPSA) is 141 Å². The lowest BCUT2D eigenvalue weighted by Crippen LogP contribution is -2.37. The van der Waals surface area contributed by atoms with Gasteiger partial charge in [-0.25, -0.2) is 9.98 Å². The van der Waals surface area contributed by atoms with Crippen LogP contribution in [0.25, 0.3) is 11.2 Å². The molecule has 0 amide bonds. The minimum atomic E-state index is -1.04. The highest BCUT2D eigenvalue weighted by atomic mass is 16.6. The van der Waals surface area contributed by atoms with Crippen LogP contribution in [0.15, 0.2) is 16.1 Å². The molecule has 160 valence electrons. The molecule has 1 aliphatic rings. The molecule has 4 atom stereocenters. The number of aromatic nitrogens is 4. The van der Waals surface area contributed by atoms with Crippen molar-refractivity contribution in [3.05, 3.63) is 16.7 Å². The van der Waals surface area contributed by atoms with Gasteiger partial charge in [0.05, 0.1) is 25.9 Å². The molecule has 0 unspecified atom stereocenters. The molecule has 0 aliphatic carbocycles. The van der Waals surface area contributed by atoms with Gasteiger partial charge in [-0.15, -0.1) is 0 Å². The Morgan fingerprint density at radius 2 is 2.17 bits per heavy atom. The number of nitrogens with one attached hydrogen (secondary N) is 1. The lowest BCUT2D eigenvalue weighted by molar-refractivity contribution is -0.0722. The molecule has 0 aromatic carbocycles. The highest BCUT2D eigenvalue weighted by Crippen LogP contribution is 2.33. The summed E-state index contributed by atoms with van der Waals surface area (Å²) in [6.07, 6.45) is -0.525. The van der Waals surface area contributed by atoms with Gasteiger partial charge < -0.3 is 29.5 Å². The number of aromatic amines is 1. The summed E-state index contributed by atoms with van der Waals surface area (Å²) in [6.45, 7) is 0.627. The van der Waals surface area contributed by atoms with Crippen molar-refractivity contribution in [2.75, 3.05) is 47.9 Å². The smallest absolute Gasteiger partial charge is 0.280 e. The average molecular weight is 409 g/mol. The number of aliphatic hydroxyl groups excluding tert-OH is 2. The van der Waals surface area contributed by atoms with E-state index in [-0.39, 0.29) is 23.7 Å². The van der Waals surface area contributed by atoms with Crippen LogP contribution >= 0.6 is 0 Å². The number of fused-ring (bicyclic) bond motifs is 1. The molecule has 3 heterocycles. The third-order valence-corrected chi connectivity index (χ3v) is 4.45.